The third kappa shape index (κ3) is 16.0. The van der Waals surface area contributed by atoms with Gasteiger partial charge in [-0.15, -0.1) is 0 Å². The molecule has 0 saturated carbocycles. The van der Waals surface area contributed by atoms with Crippen molar-refractivity contribution in [3.8, 4) is 0 Å². The fourth-order valence-electron chi connectivity index (χ4n) is 3.02. The Morgan fingerprint density at radius 2 is 1.29 bits per heavy atom. The molecule has 2 unspecified atom stereocenters. The molecule has 2 aliphatic heterocycles. The number of nitrogens with zero attached hydrogens (tertiary/aromatic N) is 3. The Morgan fingerprint density at radius 3 is 1.76 bits per heavy atom. The van der Waals surface area contributed by atoms with E-state index in [1.807, 2.05) is 53.5 Å². The Morgan fingerprint density at radius 1 is 0.853 bits per heavy atom. The van der Waals surface area contributed by atoms with Gasteiger partial charge in [-0.3, -0.25) is 0 Å². The van der Waals surface area contributed by atoms with E-state index in [9.17, 15) is 19.8 Å². The number of hydrogen-bond acceptors (Lipinski definition) is 9. The number of likely N-dealkylation sites (N-methyl/N-ethyl adjacent to an activating group) is 1. The van der Waals surface area contributed by atoms with E-state index in [1.165, 1.54) is 4.90 Å². The Bertz CT molecular complexity index is 593. The lowest BCUT2D eigenvalue weighted by molar-refractivity contribution is 0.0179. The van der Waals surface area contributed by atoms with Gasteiger partial charge in [-0.2, -0.15) is 0 Å². The van der Waals surface area contributed by atoms with Crippen molar-refractivity contribution in [1.29, 1.82) is 0 Å². The van der Waals surface area contributed by atoms with Crippen LogP contribution in [-0.4, -0.2) is 132 Å². The van der Waals surface area contributed by atoms with E-state index in [0.29, 0.717) is 45.8 Å². The van der Waals surface area contributed by atoms with Crippen molar-refractivity contribution < 1.29 is 34.4 Å². The summed E-state index contributed by atoms with van der Waals surface area (Å²) in [4.78, 5) is 28.6. The van der Waals surface area contributed by atoms with Crippen molar-refractivity contribution in [2.24, 2.45) is 0 Å². The zero-order valence-corrected chi connectivity index (χ0v) is 22.3. The molecule has 0 aromatic heterocycles. The molecule has 34 heavy (non-hydrogen) atoms. The third-order valence-electron chi connectivity index (χ3n) is 4.38. The van der Waals surface area contributed by atoms with Crippen LogP contribution in [-0.2, 0) is 9.47 Å². The summed E-state index contributed by atoms with van der Waals surface area (Å²) in [6, 6.07) is 0. The molecule has 4 N–H and O–H groups in total. The number of β-amino-alcohol motifs (C(OH)–C–C–N with tert-alkyl or cyclic N) is 2. The molecule has 11 heteroatoms. The van der Waals surface area contributed by atoms with Gasteiger partial charge >= 0.3 is 12.2 Å². The minimum atomic E-state index is -0.514. The SMILES string of the molecule is CC(C)(C)OC(=O)N1CCNCC(O)C1.CCO.CN1CCN(C(=O)OC(C)(C)C)CC(O)C1. The van der Waals surface area contributed by atoms with E-state index < -0.39 is 23.4 Å². The van der Waals surface area contributed by atoms with Crippen LogP contribution < -0.4 is 5.32 Å². The monoisotopic (exact) mass is 492 g/mol. The van der Waals surface area contributed by atoms with E-state index in [0.717, 1.165) is 6.54 Å². The van der Waals surface area contributed by atoms with Gasteiger partial charge < -0.3 is 44.8 Å². The number of carbonyl (C=O) groups is 2. The van der Waals surface area contributed by atoms with Crippen LogP contribution in [0.25, 0.3) is 0 Å². The van der Waals surface area contributed by atoms with Gasteiger partial charge in [0.2, 0.25) is 0 Å². The number of aliphatic hydroxyl groups excluding tert-OH is 3. The Balaban J connectivity index is 0.000000575. The molecule has 11 nitrogen and oxygen atoms in total. The average molecular weight is 493 g/mol. The summed E-state index contributed by atoms with van der Waals surface area (Å²) in [6.07, 6.45) is -1.72. The van der Waals surface area contributed by atoms with Crippen LogP contribution in [0.15, 0.2) is 0 Å². The number of amides is 2. The van der Waals surface area contributed by atoms with Gasteiger partial charge in [0.05, 0.1) is 25.3 Å². The fourth-order valence-corrected chi connectivity index (χ4v) is 3.02. The molecule has 2 saturated heterocycles. The van der Waals surface area contributed by atoms with Crippen molar-refractivity contribution in [3.63, 3.8) is 0 Å². The lowest BCUT2D eigenvalue weighted by atomic mass is 10.2. The molecule has 2 heterocycles. The van der Waals surface area contributed by atoms with E-state index in [1.54, 1.807) is 11.8 Å². The molecule has 0 aromatic carbocycles. The summed E-state index contributed by atoms with van der Waals surface area (Å²) in [5.74, 6) is 0. The first-order valence-electron chi connectivity index (χ1n) is 11.9. The van der Waals surface area contributed by atoms with Gasteiger partial charge in [-0.05, 0) is 55.5 Å². The molecule has 2 atom stereocenters. The molecule has 0 aromatic rings. The maximum Gasteiger partial charge on any atom is 0.410 e. The van der Waals surface area contributed by atoms with Crippen LogP contribution in [0.5, 0.6) is 0 Å². The highest BCUT2D eigenvalue weighted by Crippen LogP contribution is 2.12. The highest BCUT2D eigenvalue weighted by molar-refractivity contribution is 5.68. The first-order chi connectivity index (χ1) is 15.6. The quantitative estimate of drug-likeness (QED) is 0.386. The highest BCUT2D eigenvalue weighted by Gasteiger charge is 2.27. The number of nitrogens with one attached hydrogen (secondary N) is 1. The predicted octanol–water partition coefficient (Wildman–Crippen LogP) is 0.716. The summed E-state index contributed by atoms with van der Waals surface area (Å²) >= 11 is 0. The van der Waals surface area contributed by atoms with Crippen molar-refractivity contribution in [2.45, 2.75) is 71.9 Å². The molecular formula is C23H48N4O7. The smallest absolute Gasteiger partial charge is 0.410 e. The lowest BCUT2D eigenvalue weighted by Crippen LogP contribution is -2.41. The third-order valence-corrected chi connectivity index (χ3v) is 4.38. The zero-order chi connectivity index (χ0) is 26.5. The van der Waals surface area contributed by atoms with Crippen LogP contribution in [0, 0.1) is 0 Å². The summed E-state index contributed by atoms with van der Waals surface area (Å²) < 4.78 is 10.5. The fraction of sp³-hybridized carbons (Fsp3) is 0.913. The van der Waals surface area contributed by atoms with Crippen LogP contribution in [0.4, 0.5) is 9.59 Å². The maximum atomic E-state index is 11.8. The van der Waals surface area contributed by atoms with Crippen molar-refractivity contribution in [2.75, 3.05) is 66.0 Å². The minimum absolute atomic E-state index is 0.250. The number of hydrogen-bond donors (Lipinski definition) is 4. The van der Waals surface area contributed by atoms with Gasteiger partial charge in [-0.25, -0.2) is 9.59 Å². The maximum absolute atomic E-state index is 11.8. The van der Waals surface area contributed by atoms with Gasteiger partial charge in [0.15, 0.2) is 0 Å². The number of carbonyl (C=O) groups excluding carboxylic acids is 2. The van der Waals surface area contributed by atoms with Gasteiger partial charge in [0.1, 0.15) is 11.2 Å². The van der Waals surface area contributed by atoms with E-state index in [2.05, 4.69) is 5.32 Å². The predicted molar refractivity (Wildman–Crippen MR) is 131 cm³/mol. The molecule has 2 aliphatic rings. The van der Waals surface area contributed by atoms with Gasteiger partial charge in [-0.1, -0.05) is 0 Å². The molecule has 2 rings (SSSR count). The second-order valence-corrected chi connectivity index (χ2v) is 10.4. The van der Waals surface area contributed by atoms with Crippen LogP contribution >= 0.6 is 0 Å². The zero-order valence-electron chi connectivity index (χ0n) is 22.3. The first-order valence-corrected chi connectivity index (χ1v) is 11.9. The van der Waals surface area contributed by atoms with Crippen molar-refractivity contribution >= 4 is 12.2 Å². The van der Waals surface area contributed by atoms with Gasteiger partial charge in [0, 0.05) is 45.9 Å². The second kappa shape index (κ2) is 15.4. The largest absolute Gasteiger partial charge is 0.444 e. The van der Waals surface area contributed by atoms with Crippen LogP contribution in [0.2, 0.25) is 0 Å². The van der Waals surface area contributed by atoms with E-state index >= 15 is 0 Å². The van der Waals surface area contributed by atoms with Crippen molar-refractivity contribution in [1.82, 2.24) is 20.0 Å². The van der Waals surface area contributed by atoms with Gasteiger partial charge in [0.25, 0.3) is 0 Å². The summed E-state index contributed by atoms with van der Waals surface area (Å²) in [5, 5.41) is 29.8. The summed E-state index contributed by atoms with van der Waals surface area (Å²) in [5.41, 5.74) is -0.970. The number of aliphatic hydroxyl groups is 3. The summed E-state index contributed by atoms with van der Waals surface area (Å²) in [6.45, 7) is 17.4. The molecule has 202 valence electrons. The normalized spacial score (nSPS) is 22.2. The van der Waals surface area contributed by atoms with Crippen LogP contribution in [0.1, 0.15) is 48.5 Å². The molecule has 0 spiro atoms. The second-order valence-electron chi connectivity index (χ2n) is 10.4. The van der Waals surface area contributed by atoms with E-state index in [-0.39, 0.29) is 18.8 Å². The Kier molecular flexibility index (Phi) is 14.6. The lowest BCUT2D eigenvalue weighted by Gasteiger charge is -2.26. The minimum Gasteiger partial charge on any atom is -0.444 e. The van der Waals surface area contributed by atoms with Crippen LogP contribution in [0.3, 0.4) is 0 Å². The Labute approximate surface area is 205 Å². The average Bonchev–Trinajstić information content (AvgIpc) is 2.97. The number of ether oxygens (including phenoxy) is 2. The molecule has 0 aliphatic carbocycles. The topological polar surface area (TPSA) is 135 Å². The first kappa shape index (κ1) is 32.3. The molecule has 2 amide bonds. The van der Waals surface area contributed by atoms with Crippen molar-refractivity contribution in [3.05, 3.63) is 0 Å². The molecule has 2 fully saturated rings. The summed E-state index contributed by atoms with van der Waals surface area (Å²) in [7, 11) is 1.93. The standard InChI is InChI=1S/C11H22N2O3.C10H20N2O3.C2H6O/c1-11(2,3)16-10(15)13-6-5-12(4)7-9(14)8-13;1-10(2,3)15-9(14)12-5-4-11-6-8(13)7-12;1-2-3/h9,14H,5-8H2,1-4H3;8,11,13H,4-7H2,1-3H3;3H,2H2,1H3. The molecular weight excluding hydrogens is 444 g/mol. The highest BCUT2D eigenvalue weighted by atomic mass is 16.6. The molecule has 0 radical (unpaired) electrons. The number of rotatable bonds is 0. The molecule has 0 bridgehead atoms. The van der Waals surface area contributed by atoms with E-state index in [4.69, 9.17) is 14.6 Å². The Hall–Kier alpha value is -1.66.